The Morgan fingerprint density at radius 1 is 1.60 bits per heavy atom. The minimum absolute atomic E-state index is 0. The zero-order chi connectivity index (χ0) is 11.2. The van der Waals surface area contributed by atoms with Crippen LogP contribution in [0.15, 0.2) is 12.7 Å². The minimum atomic E-state index is -3.45. The van der Waals surface area contributed by atoms with Gasteiger partial charge in [-0.2, -0.15) is 8.42 Å². The van der Waals surface area contributed by atoms with Crippen molar-refractivity contribution in [2.45, 2.75) is 6.92 Å². The summed E-state index contributed by atoms with van der Waals surface area (Å²) in [5.74, 6) is -0.614. The van der Waals surface area contributed by atoms with Gasteiger partial charge in [0.05, 0.1) is 12.9 Å². The Morgan fingerprint density at radius 3 is 2.53 bits per heavy atom. The summed E-state index contributed by atoms with van der Waals surface area (Å²) in [5.41, 5.74) is 0. The maximum absolute atomic E-state index is 11.0. The van der Waals surface area contributed by atoms with Crippen molar-refractivity contribution < 1.29 is 17.4 Å². The van der Waals surface area contributed by atoms with Crippen molar-refractivity contribution in [2.24, 2.45) is 5.92 Å². The van der Waals surface area contributed by atoms with Gasteiger partial charge in [0.25, 0.3) is 10.1 Å². The molecule has 0 aromatic rings. The molecule has 0 aromatic carbocycles. The molecule has 1 amide bonds. The average Bonchev–Trinajstić information content (AvgIpc) is 2.13. The van der Waals surface area contributed by atoms with Crippen molar-refractivity contribution >= 4 is 53.8 Å². The number of rotatable bonds is 6. The number of carbonyl (C=O) groups is 1. The van der Waals surface area contributed by atoms with E-state index >= 15 is 0 Å². The zero-order valence-electron chi connectivity index (χ0n) is 8.32. The summed E-state index contributed by atoms with van der Waals surface area (Å²) in [6, 6.07) is 0. The summed E-state index contributed by atoms with van der Waals surface area (Å²) in [4.78, 5) is 10.7. The Hall–Kier alpha value is 0.380. The van der Waals surface area contributed by atoms with E-state index in [1.807, 2.05) is 0 Å². The number of hydrogen-bond donors (Lipinski definition) is 1. The first-order valence-electron chi connectivity index (χ1n) is 4.10. The molecule has 0 aliphatic rings. The SMILES string of the molecule is C=CC(=O)NCC(C)CS(=O)(=O)OC.[CaH2]. The second kappa shape index (κ2) is 8.52. The molecular formula is C8H17CaNO4S. The van der Waals surface area contributed by atoms with E-state index in [2.05, 4.69) is 16.1 Å². The Kier molecular flexibility index (Phi) is 10.1. The van der Waals surface area contributed by atoms with Gasteiger partial charge in [-0.3, -0.25) is 8.98 Å². The summed E-state index contributed by atoms with van der Waals surface area (Å²) in [6.07, 6.45) is 1.14. The molecule has 0 aromatic heterocycles. The summed E-state index contributed by atoms with van der Waals surface area (Å²) in [6.45, 7) is 5.27. The van der Waals surface area contributed by atoms with E-state index in [-0.39, 0.29) is 61.9 Å². The number of nitrogens with one attached hydrogen (secondary N) is 1. The van der Waals surface area contributed by atoms with Crippen LogP contribution in [0.2, 0.25) is 0 Å². The summed E-state index contributed by atoms with van der Waals surface area (Å²) in [7, 11) is -2.34. The monoisotopic (exact) mass is 263 g/mol. The van der Waals surface area contributed by atoms with Crippen molar-refractivity contribution in [2.75, 3.05) is 19.4 Å². The van der Waals surface area contributed by atoms with E-state index in [0.29, 0.717) is 0 Å². The summed E-state index contributed by atoms with van der Waals surface area (Å²) >= 11 is 0. The van der Waals surface area contributed by atoms with Gasteiger partial charge in [-0.05, 0) is 12.0 Å². The molecule has 86 valence electrons. The summed E-state index contributed by atoms with van der Waals surface area (Å²) in [5, 5.41) is 2.50. The van der Waals surface area contributed by atoms with Crippen LogP contribution in [0.5, 0.6) is 0 Å². The van der Waals surface area contributed by atoms with E-state index in [9.17, 15) is 13.2 Å². The molecule has 0 aliphatic heterocycles. The van der Waals surface area contributed by atoms with E-state index in [1.54, 1.807) is 6.92 Å². The first kappa shape index (κ1) is 17.8. The number of amides is 1. The van der Waals surface area contributed by atoms with Crippen LogP contribution in [-0.2, 0) is 19.1 Å². The van der Waals surface area contributed by atoms with Crippen LogP contribution >= 0.6 is 0 Å². The topological polar surface area (TPSA) is 72.5 Å². The van der Waals surface area contributed by atoms with Crippen LogP contribution in [0.4, 0.5) is 0 Å². The molecule has 0 saturated heterocycles. The van der Waals surface area contributed by atoms with Gasteiger partial charge in [0.2, 0.25) is 5.91 Å². The number of carbonyl (C=O) groups excluding carboxylic acids is 1. The van der Waals surface area contributed by atoms with Crippen LogP contribution in [0.1, 0.15) is 6.92 Å². The van der Waals surface area contributed by atoms with Gasteiger partial charge in [-0.15, -0.1) is 0 Å². The maximum atomic E-state index is 11.0. The molecule has 1 unspecified atom stereocenters. The fourth-order valence-corrected chi connectivity index (χ4v) is 1.77. The van der Waals surface area contributed by atoms with Crippen LogP contribution in [0.3, 0.4) is 0 Å². The van der Waals surface area contributed by atoms with Crippen molar-refractivity contribution in [1.29, 1.82) is 0 Å². The van der Waals surface area contributed by atoms with Gasteiger partial charge in [0.1, 0.15) is 0 Å². The summed E-state index contributed by atoms with van der Waals surface area (Å²) < 4.78 is 26.2. The Bertz CT molecular complexity index is 302. The Morgan fingerprint density at radius 2 is 2.13 bits per heavy atom. The molecule has 0 fully saturated rings. The molecule has 0 radical (unpaired) electrons. The number of hydrogen-bond acceptors (Lipinski definition) is 4. The molecule has 1 N–H and O–H groups in total. The average molecular weight is 263 g/mol. The molecule has 1 atom stereocenters. The van der Waals surface area contributed by atoms with Gasteiger partial charge >= 0.3 is 37.7 Å². The second-order valence-corrected chi connectivity index (χ2v) is 4.73. The van der Waals surface area contributed by atoms with E-state index < -0.39 is 10.1 Å². The van der Waals surface area contributed by atoms with Gasteiger partial charge < -0.3 is 5.32 Å². The predicted octanol–water partition coefficient (Wildman–Crippen LogP) is -1.02. The van der Waals surface area contributed by atoms with Gasteiger partial charge in [-0.1, -0.05) is 13.5 Å². The van der Waals surface area contributed by atoms with Crippen LogP contribution < -0.4 is 5.32 Å². The predicted molar refractivity (Wildman–Crippen MR) is 61.7 cm³/mol. The van der Waals surface area contributed by atoms with Crippen molar-refractivity contribution in [3.05, 3.63) is 12.7 Å². The molecule has 0 heterocycles. The zero-order valence-corrected chi connectivity index (χ0v) is 9.13. The molecule has 5 nitrogen and oxygen atoms in total. The first-order chi connectivity index (χ1) is 6.41. The van der Waals surface area contributed by atoms with E-state index in [4.69, 9.17) is 0 Å². The van der Waals surface area contributed by atoms with Crippen LogP contribution in [0, 0.1) is 5.92 Å². The molecular weight excluding hydrogens is 246 g/mol. The van der Waals surface area contributed by atoms with Gasteiger partial charge in [-0.25, -0.2) is 0 Å². The molecule has 0 saturated carbocycles. The molecule has 0 aliphatic carbocycles. The Balaban J connectivity index is 0. The molecule has 0 rings (SSSR count). The fourth-order valence-electron chi connectivity index (χ4n) is 0.822. The molecule has 15 heavy (non-hydrogen) atoms. The molecule has 7 heteroatoms. The molecule has 0 bridgehead atoms. The van der Waals surface area contributed by atoms with Gasteiger partial charge in [0.15, 0.2) is 0 Å². The fraction of sp³-hybridized carbons (Fsp3) is 0.625. The van der Waals surface area contributed by atoms with Crippen LogP contribution in [-0.4, -0.2) is 71.5 Å². The quantitative estimate of drug-likeness (QED) is 0.378. The first-order valence-corrected chi connectivity index (χ1v) is 5.67. The van der Waals surface area contributed by atoms with E-state index in [1.165, 1.54) is 0 Å². The normalized spacial score (nSPS) is 12.4. The molecule has 0 spiro atoms. The van der Waals surface area contributed by atoms with E-state index in [0.717, 1.165) is 13.2 Å². The van der Waals surface area contributed by atoms with Crippen molar-refractivity contribution in [1.82, 2.24) is 5.32 Å². The van der Waals surface area contributed by atoms with Crippen molar-refractivity contribution in [3.8, 4) is 0 Å². The second-order valence-electron chi connectivity index (χ2n) is 2.95. The van der Waals surface area contributed by atoms with Crippen molar-refractivity contribution in [3.63, 3.8) is 0 Å². The standard InChI is InChI=1S/C8H15NO4S.Ca.2H/c1-4-8(10)9-5-7(2)6-14(11,12)13-3;;;/h4,7H,1,5-6H2,2-3H3,(H,9,10);;;. The third-order valence-electron chi connectivity index (χ3n) is 1.55. The third-order valence-corrected chi connectivity index (χ3v) is 3.04. The Labute approximate surface area is 120 Å². The van der Waals surface area contributed by atoms with Gasteiger partial charge in [0, 0.05) is 6.54 Å². The van der Waals surface area contributed by atoms with Crippen LogP contribution in [0.25, 0.3) is 0 Å². The third kappa shape index (κ3) is 9.32.